The van der Waals surface area contributed by atoms with Crippen molar-refractivity contribution in [2.45, 2.75) is 46.6 Å². The monoisotopic (exact) mass is 334 g/mol. The second kappa shape index (κ2) is 9.27. The lowest BCUT2D eigenvalue weighted by molar-refractivity contribution is -0.946. The smallest absolute Gasteiger partial charge is 0.246 e. The Hall–Kier alpha value is -0.920. The number of amides is 1. The second-order valence-electron chi connectivity index (χ2n) is 5.86. The molecule has 0 bridgehead atoms. The Bertz CT molecular complexity index is 470. The van der Waals surface area contributed by atoms with Gasteiger partial charge >= 0.3 is 0 Å². The molecule has 1 amide bonds. The fraction of sp³-hybridized carbons (Fsp3) is 0.800. The Kier molecular flexibility index (Phi) is 8.88. The van der Waals surface area contributed by atoms with Crippen LogP contribution in [0.4, 0.5) is 0 Å². The van der Waals surface area contributed by atoms with Gasteiger partial charge in [-0.1, -0.05) is 6.58 Å². The third-order valence-corrected chi connectivity index (χ3v) is 5.17. The van der Waals surface area contributed by atoms with Crippen molar-refractivity contribution in [1.29, 1.82) is 0 Å². The molecule has 7 heteroatoms. The molecule has 0 rings (SSSR count). The van der Waals surface area contributed by atoms with Crippen molar-refractivity contribution in [3.05, 3.63) is 12.2 Å². The summed E-state index contributed by atoms with van der Waals surface area (Å²) in [7, 11) is -4.17. The van der Waals surface area contributed by atoms with Crippen LogP contribution in [-0.4, -0.2) is 61.3 Å². The maximum Gasteiger partial charge on any atom is 0.246 e. The van der Waals surface area contributed by atoms with Crippen molar-refractivity contribution in [1.82, 2.24) is 5.32 Å². The van der Waals surface area contributed by atoms with Crippen LogP contribution < -0.4 is 5.32 Å². The highest BCUT2D eigenvalue weighted by molar-refractivity contribution is 7.85. The number of nitrogens with one attached hydrogen (secondary N) is 1. The van der Waals surface area contributed by atoms with E-state index in [0.717, 1.165) is 30.5 Å². The van der Waals surface area contributed by atoms with Gasteiger partial charge in [0.25, 0.3) is 0 Å². The van der Waals surface area contributed by atoms with Gasteiger partial charge in [-0.3, -0.25) is 4.79 Å². The number of carbonyl (C=O) groups is 1. The van der Waals surface area contributed by atoms with E-state index in [-0.39, 0.29) is 17.7 Å². The molecule has 0 aromatic carbocycles. The lowest BCUT2D eigenvalue weighted by Gasteiger charge is -2.42. The first-order valence-corrected chi connectivity index (χ1v) is 9.38. The van der Waals surface area contributed by atoms with Crippen LogP contribution in [0.1, 0.15) is 40.5 Å². The van der Waals surface area contributed by atoms with Gasteiger partial charge in [0.05, 0.1) is 35.8 Å². The third-order valence-electron chi connectivity index (χ3n) is 4.43. The zero-order chi connectivity index (χ0) is 17.4. The summed E-state index contributed by atoms with van der Waals surface area (Å²) in [6, 6.07) is 0.0931. The van der Waals surface area contributed by atoms with Gasteiger partial charge in [-0.15, -0.1) is 0 Å². The van der Waals surface area contributed by atoms with Gasteiger partial charge in [-0.2, -0.15) is 0 Å². The van der Waals surface area contributed by atoms with E-state index in [0.29, 0.717) is 18.5 Å². The molecule has 0 saturated carbocycles. The molecule has 1 N–H and O–H groups in total. The maximum atomic E-state index is 11.4. The van der Waals surface area contributed by atoms with Crippen molar-refractivity contribution in [2.24, 2.45) is 0 Å². The Labute approximate surface area is 134 Å². The Balaban J connectivity index is 4.54. The minimum atomic E-state index is -4.17. The molecule has 1 atom stereocenters. The number of nitrogens with zero attached hydrogens (tertiary/aromatic N) is 1. The summed E-state index contributed by atoms with van der Waals surface area (Å²) >= 11 is 0. The molecular formula is C15H30N2O4S. The van der Waals surface area contributed by atoms with Gasteiger partial charge in [-0.25, -0.2) is 8.42 Å². The Morgan fingerprint density at radius 1 is 1.32 bits per heavy atom. The summed E-state index contributed by atoms with van der Waals surface area (Å²) in [6.45, 7) is 14.5. The molecule has 0 aromatic heterocycles. The molecule has 0 aromatic rings. The summed E-state index contributed by atoms with van der Waals surface area (Å²) < 4.78 is 33.2. The van der Waals surface area contributed by atoms with Crippen molar-refractivity contribution < 1.29 is 22.2 Å². The zero-order valence-corrected chi connectivity index (χ0v) is 15.0. The predicted octanol–water partition coefficient (Wildman–Crippen LogP) is 1.25. The third kappa shape index (κ3) is 7.38. The molecule has 0 fully saturated rings. The summed E-state index contributed by atoms with van der Waals surface area (Å²) in [5.74, 6) is -0.461. The zero-order valence-electron chi connectivity index (χ0n) is 14.2. The maximum absolute atomic E-state index is 11.4. The molecule has 0 spiro atoms. The van der Waals surface area contributed by atoms with E-state index in [1.807, 2.05) is 6.92 Å². The molecule has 0 aliphatic heterocycles. The largest absolute Gasteiger partial charge is 0.748 e. The summed E-state index contributed by atoms with van der Waals surface area (Å²) in [5, 5.41) is 2.80. The first-order valence-electron chi connectivity index (χ1n) is 7.81. The van der Waals surface area contributed by atoms with Gasteiger partial charge in [0.15, 0.2) is 0 Å². The molecule has 1 unspecified atom stereocenters. The number of carbonyl (C=O) groups excluding carboxylic acids is 1. The minimum Gasteiger partial charge on any atom is -0.748 e. The number of rotatable bonds is 11. The first-order chi connectivity index (χ1) is 10.1. The average molecular weight is 334 g/mol. The highest BCUT2D eigenvalue weighted by Crippen LogP contribution is 2.18. The van der Waals surface area contributed by atoms with Gasteiger partial charge in [0.1, 0.15) is 0 Å². The number of quaternary nitrogens is 1. The normalized spacial score (nSPS) is 13.7. The van der Waals surface area contributed by atoms with Gasteiger partial charge in [0.2, 0.25) is 5.91 Å². The van der Waals surface area contributed by atoms with Crippen LogP contribution in [0, 0.1) is 0 Å². The van der Waals surface area contributed by atoms with Crippen LogP contribution >= 0.6 is 0 Å². The van der Waals surface area contributed by atoms with Gasteiger partial charge in [-0.05, 0) is 27.7 Å². The predicted molar refractivity (Wildman–Crippen MR) is 87.3 cm³/mol. The lowest BCUT2D eigenvalue weighted by atomic mass is 10.1. The summed E-state index contributed by atoms with van der Waals surface area (Å²) in [6.07, 6.45) is 1.17. The molecule has 0 aliphatic rings. The van der Waals surface area contributed by atoms with E-state index in [1.165, 1.54) is 0 Å². The van der Waals surface area contributed by atoms with E-state index >= 15 is 0 Å². The van der Waals surface area contributed by atoms with Crippen LogP contribution in [0.25, 0.3) is 0 Å². The molecule has 0 heterocycles. The van der Waals surface area contributed by atoms with Crippen LogP contribution in [-0.2, 0) is 14.9 Å². The molecule has 130 valence electrons. The van der Waals surface area contributed by atoms with Crippen LogP contribution in [0.2, 0.25) is 0 Å². The van der Waals surface area contributed by atoms with Crippen molar-refractivity contribution in [2.75, 3.05) is 31.9 Å². The molecule has 6 nitrogen and oxygen atoms in total. The summed E-state index contributed by atoms with van der Waals surface area (Å²) in [5.41, 5.74) is 0.487. The van der Waals surface area contributed by atoms with E-state index in [9.17, 15) is 17.8 Å². The van der Waals surface area contributed by atoms with Crippen molar-refractivity contribution >= 4 is 16.0 Å². The standard InChI is InChI=1S/C15H30N2O4S/c1-6-17(7-2,14(5)9-12-22(19,20)21)11-8-10-16-15(18)13(3)4/h14H,3,6-12H2,1-2,4-5H3,(H-,16,18,19,20,21). The molecular weight excluding hydrogens is 304 g/mol. The molecule has 0 saturated heterocycles. The van der Waals surface area contributed by atoms with Crippen molar-refractivity contribution in [3.8, 4) is 0 Å². The first kappa shape index (κ1) is 21.1. The Morgan fingerprint density at radius 2 is 1.86 bits per heavy atom. The highest BCUT2D eigenvalue weighted by atomic mass is 32.2. The quantitative estimate of drug-likeness (QED) is 0.267. The molecule has 0 radical (unpaired) electrons. The Morgan fingerprint density at radius 3 is 2.27 bits per heavy atom. The number of hydrogen-bond acceptors (Lipinski definition) is 4. The number of hydrogen-bond donors (Lipinski definition) is 1. The van der Waals surface area contributed by atoms with Crippen LogP contribution in [0.15, 0.2) is 12.2 Å². The fourth-order valence-corrected chi connectivity index (χ4v) is 3.35. The van der Waals surface area contributed by atoms with Gasteiger partial charge < -0.3 is 14.4 Å². The topological polar surface area (TPSA) is 86.3 Å². The van der Waals surface area contributed by atoms with E-state index in [2.05, 4.69) is 25.7 Å². The lowest BCUT2D eigenvalue weighted by Crippen LogP contribution is -2.55. The van der Waals surface area contributed by atoms with E-state index < -0.39 is 10.1 Å². The molecule has 22 heavy (non-hydrogen) atoms. The second-order valence-corrected chi connectivity index (χ2v) is 7.39. The van der Waals surface area contributed by atoms with Crippen molar-refractivity contribution in [3.63, 3.8) is 0 Å². The molecule has 0 aliphatic carbocycles. The SMILES string of the molecule is C=C(C)C(=O)NCCC[N+](CC)(CC)C(C)CCS(=O)(=O)[O-]. The summed E-state index contributed by atoms with van der Waals surface area (Å²) in [4.78, 5) is 11.4. The minimum absolute atomic E-state index is 0.0931. The van der Waals surface area contributed by atoms with Crippen LogP contribution in [0.3, 0.4) is 0 Å². The van der Waals surface area contributed by atoms with Gasteiger partial charge in [0, 0.05) is 30.7 Å². The van der Waals surface area contributed by atoms with Crippen LogP contribution in [0.5, 0.6) is 0 Å². The highest BCUT2D eigenvalue weighted by Gasteiger charge is 2.30. The average Bonchev–Trinajstić information content (AvgIpc) is 2.44. The van der Waals surface area contributed by atoms with E-state index in [4.69, 9.17) is 0 Å². The fourth-order valence-electron chi connectivity index (χ4n) is 2.72. The van der Waals surface area contributed by atoms with E-state index in [1.54, 1.807) is 6.92 Å².